The maximum atomic E-state index is 6.57. The minimum atomic E-state index is 0.0781. The van der Waals surface area contributed by atoms with Gasteiger partial charge in [-0.15, -0.1) is 11.6 Å². The molecule has 0 aliphatic heterocycles. The van der Waals surface area contributed by atoms with E-state index < -0.39 is 0 Å². The summed E-state index contributed by atoms with van der Waals surface area (Å²) in [6, 6.07) is 18.8. The molecule has 1 aromatic heterocycles. The number of nitrogens with zero attached hydrogens (tertiary/aromatic N) is 1. The van der Waals surface area contributed by atoms with Crippen molar-refractivity contribution in [2.45, 2.75) is 17.8 Å². The quantitative estimate of drug-likeness (QED) is 0.701. The van der Waals surface area contributed by atoms with Crippen molar-refractivity contribution in [1.82, 2.24) is 4.98 Å². The lowest BCUT2D eigenvalue weighted by Crippen LogP contribution is -2.17. The number of fused-ring (bicyclic) bond motifs is 2. The Morgan fingerprint density at radius 2 is 1.81 bits per heavy atom. The molecule has 1 N–H and O–H groups in total. The first-order valence-electron chi connectivity index (χ1n) is 7.15. The standard InChI is InChI=1S/C18H15ClN2/c19-15-11-12-5-1-2-6-13(12)18(15)21-17-9-10-20-16-8-4-3-7-14(16)17/h1-10,15,18H,11H2,(H,20,21). The van der Waals surface area contributed by atoms with E-state index in [4.69, 9.17) is 11.6 Å². The summed E-state index contributed by atoms with van der Waals surface area (Å²) in [6.45, 7) is 0. The Balaban J connectivity index is 1.75. The molecule has 2 aromatic carbocycles. The third-order valence-corrected chi connectivity index (χ3v) is 4.53. The van der Waals surface area contributed by atoms with Gasteiger partial charge < -0.3 is 5.32 Å². The minimum absolute atomic E-state index is 0.0781. The summed E-state index contributed by atoms with van der Waals surface area (Å²) in [5.41, 5.74) is 4.74. The summed E-state index contributed by atoms with van der Waals surface area (Å²) < 4.78 is 0. The number of alkyl halides is 1. The molecule has 1 aliphatic carbocycles. The van der Waals surface area contributed by atoms with Gasteiger partial charge in [0, 0.05) is 17.3 Å². The molecule has 1 aliphatic rings. The van der Waals surface area contributed by atoms with E-state index >= 15 is 0 Å². The lowest BCUT2D eigenvalue weighted by atomic mass is 10.1. The van der Waals surface area contributed by atoms with Crippen LogP contribution in [0.4, 0.5) is 5.69 Å². The molecule has 4 rings (SSSR count). The van der Waals surface area contributed by atoms with Crippen molar-refractivity contribution in [2.24, 2.45) is 0 Å². The first-order valence-corrected chi connectivity index (χ1v) is 7.59. The Morgan fingerprint density at radius 3 is 2.76 bits per heavy atom. The highest BCUT2D eigenvalue weighted by Gasteiger charge is 2.30. The third-order valence-electron chi connectivity index (χ3n) is 4.13. The van der Waals surface area contributed by atoms with Crippen LogP contribution in [0.15, 0.2) is 60.8 Å². The van der Waals surface area contributed by atoms with Crippen LogP contribution in [-0.2, 0) is 6.42 Å². The summed E-state index contributed by atoms with van der Waals surface area (Å²) in [4.78, 5) is 4.41. The van der Waals surface area contributed by atoms with Crippen molar-refractivity contribution in [3.8, 4) is 0 Å². The molecule has 104 valence electrons. The molecule has 0 spiro atoms. The fourth-order valence-electron chi connectivity index (χ4n) is 3.10. The molecule has 3 aromatic rings. The van der Waals surface area contributed by atoms with E-state index in [-0.39, 0.29) is 11.4 Å². The molecular weight excluding hydrogens is 280 g/mol. The largest absolute Gasteiger partial charge is 0.376 e. The summed E-state index contributed by atoms with van der Waals surface area (Å²) in [5.74, 6) is 0. The Kier molecular flexibility index (Phi) is 3.04. The lowest BCUT2D eigenvalue weighted by molar-refractivity contribution is 0.773. The molecule has 21 heavy (non-hydrogen) atoms. The zero-order valence-corrected chi connectivity index (χ0v) is 12.2. The predicted octanol–water partition coefficient (Wildman–Crippen LogP) is 4.55. The van der Waals surface area contributed by atoms with Gasteiger partial charge in [-0.1, -0.05) is 42.5 Å². The van der Waals surface area contributed by atoms with Crippen LogP contribution in [0.1, 0.15) is 17.2 Å². The van der Waals surface area contributed by atoms with E-state index in [0.717, 1.165) is 23.0 Å². The van der Waals surface area contributed by atoms with Crippen molar-refractivity contribution in [3.63, 3.8) is 0 Å². The van der Waals surface area contributed by atoms with Gasteiger partial charge in [0.05, 0.1) is 16.9 Å². The number of para-hydroxylation sites is 1. The van der Waals surface area contributed by atoms with Gasteiger partial charge in [-0.25, -0.2) is 0 Å². The maximum absolute atomic E-state index is 6.57. The number of nitrogens with one attached hydrogen (secondary N) is 1. The van der Waals surface area contributed by atoms with Crippen LogP contribution in [0.2, 0.25) is 0 Å². The Bertz CT molecular complexity index is 795. The molecule has 2 unspecified atom stereocenters. The molecule has 2 nitrogen and oxygen atoms in total. The van der Waals surface area contributed by atoms with Crippen molar-refractivity contribution in [1.29, 1.82) is 0 Å². The van der Waals surface area contributed by atoms with Crippen LogP contribution in [0.3, 0.4) is 0 Å². The van der Waals surface area contributed by atoms with Crippen LogP contribution in [-0.4, -0.2) is 10.4 Å². The average Bonchev–Trinajstić information content (AvgIpc) is 2.84. The van der Waals surface area contributed by atoms with Gasteiger partial charge in [0.15, 0.2) is 0 Å². The van der Waals surface area contributed by atoms with Crippen LogP contribution in [0, 0.1) is 0 Å². The number of rotatable bonds is 2. The minimum Gasteiger partial charge on any atom is -0.376 e. The van der Waals surface area contributed by atoms with Crippen LogP contribution in [0.25, 0.3) is 10.9 Å². The Hall–Kier alpha value is -2.06. The van der Waals surface area contributed by atoms with Crippen LogP contribution >= 0.6 is 11.6 Å². The zero-order chi connectivity index (χ0) is 14.2. The first kappa shape index (κ1) is 12.7. The number of benzene rings is 2. The number of aromatic nitrogens is 1. The Morgan fingerprint density at radius 1 is 1.00 bits per heavy atom. The van der Waals surface area contributed by atoms with Crippen molar-refractivity contribution < 1.29 is 0 Å². The lowest BCUT2D eigenvalue weighted by Gasteiger charge is -2.20. The van der Waals surface area contributed by atoms with Gasteiger partial charge in [0.2, 0.25) is 0 Å². The van der Waals surface area contributed by atoms with Gasteiger partial charge in [-0.2, -0.15) is 0 Å². The van der Waals surface area contributed by atoms with E-state index in [0.29, 0.717) is 0 Å². The van der Waals surface area contributed by atoms with Gasteiger partial charge in [-0.05, 0) is 29.7 Å². The third kappa shape index (κ3) is 2.16. The molecule has 1 heterocycles. The van der Waals surface area contributed by atoms with Crippen molar-refractivity contribution in [3.05, 3.63) is 71.9 Å². The topological polar surface area (TPSA) is 24.9 Å². The maximum Gasteiger partial charge on any atom is 0.0722 e. The highest BCUT2D eigenvalue weighted by atomic mass is 35.5. The normalized spacial score (nSPS) is 20.4. The zero-order valence-electron chi connectivity index (χ0n) is 11.5. The second kappa shape index (κ2) is 5.05. The van der Waals surface area contributed by atoms with Gasteiger partial charge in [0.1, 0.15) is 0 Å². The molecule has 0 bridgehead atoms. The van der Waals surface area contributed by atoms with E-state index in [1.165, 1.54) is 11.1 Å². The number of hydrogen-bond donors (Lipinski definition) is 1. The number of hydrogen-bond acceptors (Lipinski definition) is 2. The second-order valence-electron chi connectivity index (χ2n) is 5.42. The van der Waals surface area contributed by atoms with Crippen LogP contribution in [0.5, 0.6) is 0 Å². The van der Waals surface area contributed by atoms with Crippen molar-refractivity contribution in [2.75, 3.05) is 5.32 Å². The Labute approximate surface area is 128 Å². The monoisotopic (exact) mass is 294 g/mol. The molecule has 0 saturated carbocycles. The van der Waals surface area contributed by atoms with E-state index in [1.54, 1.807) is 0 Å². The number of anilines is 1. The average molecular weight is 295 g/mol. The summed E-state index contributed by atoms with van der Waals surface area (Å²) in [5, 5.41) is 4.83. The first-order chi connectivity index (χ1) is 10.3. The number of halogens is 1. The van der Waals surface area contributed by atoms with E-state index in [1.807, 2.05) is 30.5 Å². The number of pyridine rings is 1. The fourth-order valence-corrected chi connectivity index (χ4v) is 3.47. The summed E-state index contributed by atoms with van der Waals surface area (Å²) >= 11 is 6.57. The van der Waals surface area contributed by atoms with E-state index in [9.17, 15) is 0 Å². The molecular formula is C18H15ClN2. The predicted molar refractivity (Wildman–Crippen MR) is 87.9 cm³/mol. The smallest absolute Gasteiger partial charge is 0.0722 e. The highest BCUT2D eigenvalue weighted by molar-refractivity contribution is 6.21. The summed E-state index contributed by atoms with van der Waals surface area (Å²) in [7, 11) is 0. The molecule has 0 saturated heterocycles. The van der Waals surface area contributed by atoms with Gasteiger partial charge >= 0.3 is 0 Å². The summed E-state index contributed by atoms with van der Waals surface area (Å²) in [6.07, 6.45) is 2.76. The molecule has 0 radical (unpaired) electrons. The second-order valence-corrected chi connectivity index (χ2v) is 5.98. The van der Waals surface area contributed by atoms with Gasteiger partial charge in [-0.3, -0.25) is 4.98 Å². The SMILES string of the molecule is ClC1Cc2ccccc2C1Nc1ccnc2ccccc12. The van der Waals surface area contributed by atoms with Crippen LogP contribution < -0.4 is 5.32 Å². The molecule has 0 fully saturated rings. The molecule has 3 heteroatoms. The molecule has 2 atom stereocenters. The highest BCUT2D eigenvalue weighted by Crippen LogP contribution is 2.38. The fraction of sp³-hybridized carbons (Fsp3) is 0.167. The van der Waals surface area contributed by atoms with Crippen molar-refractivity contribution >= 4 is 28.2 Å². The molecule has 0 amide bonds. The van der Waals surface area contributed by atoms with Gasteiger partial charge in [0.25, 0.3) is 0 Å². The van der Waals surface area contributed by atoms with E-state index in [2.05, 4.69) is 40.6 Å².